The Hall–Kier alpha value is -0.570. The van der Waals surface area contributed by atoms with Crippen LogP contribution in [-0.4, -0.2) is 19.0 Å². The average Bonchev–Trinajstić information content (AvgIpc) is 1.92. The van der Waals surface area contributed by atoms with E-state index in [1.807, 2.05) is 13.8 Å². The Bertz CT molecular complexity index is 74.0. The lowest BCUT2D eigenvalue weighted by molar-refractivity contribution is -0.118. The van der Waals surface area contributed by atoms with E-state index in [1.165, 1.54) is 6.92 Å². The van der Waals surface area contributed by atoms with Gasteiger partial charge in [-0.25, -0.2) is 0 Å². The fourth-order valence-electron chi connectivity index (χ4n) is 0.366. The second kappa shape index (κ2) is 11.3. The van der Waals surface area contributed by atoms with Crippen LogP contribution in [0.25, 0.3) is 0 Å². The van der Waals surface area contributed by atoms with E-state index in [1.54, 1.807) is 0 Å². The Morgan fingerprint density at radius 2 is 2.00 bits per heavy atom. The van der Waals surface area contributed by atoms with Crippen molar-refractivity contribution in [2.24, 2.45) is 5.73 Å². The molecule has 0 aromatic carbocycles. The normalized spacial score (nSPS) is 7.60. The van der Waals surface area contributed by atoms with Crippen LogP contribution in [0.2, 0.25) is 0 Å². The van der Waals surface area contributed by atoms with Crippen LogP contribution < -0.4 is 11.1 Å². The molecule has 0 unspecified atom stereocenters. The maximum absolute atomic E-state index is 10.2. The number of carbonyl (C=O) groups is 1. The molecular formula is C7H18N2O. The van der Waals surface area contributed by atoms with Crippen molar-refractivity contribution in [1.29, 1.82) is 0 Å². The van der Waals surface area contributed by atoms with Crippen LogP contribution >= 0.6 is 0 Å². The molecular weight excluding hydrogens is 128 g/mol. The first-order chi connectivity index (χ1) is 4.77. The van der Waals surface area contributed by atoms with Gasteiger partial charge in [-0.05, 0) is 13.0 Å². The summed E-state index contributed by atoms with van der Waals surface area (Å²) in [4.78, 5) is 10.2. The summed E-state index contributed by atoms with van der Waals surface area (Å²) in [7, 11) is 0. The predicted octanol–water partition coefficient (Wildman–Crippen LogP) is 0.497. The minimum Gasteiger partial charge on any atom is -0.356 e. The van der Waals surface area contributed by atoms with Crippen molar-refractivity contribution in [3.05, 3.63) is 0 Å². The van der Waals surface area contributed by atoms with E-state index in [-0.39, 0.29) is 5.91 Å². The van der Waals surface area contributed by atoms with E-state index in [0.717, 1.165) is 6.42 Å². The molecule has 0 spiro atoms. The lowest BCUT2D eigenvalue weighted by Gasteiger charge is -1.96. The quantitative estimate of drug-likeness (QED) is 0.569. The van der Waals surface area contributed by atoms with Gasteiger partial charge in [-0.15, -0.1) is 0 Å². The highest BCUT2D eigenvalue weighted by Gasteiger charge is 1.85. The molecule has 0 aromatic heterocycles. The van der Waals surface area contributed by atoms with Crippen molar-refractivity contribution < 1.29 is 4.79 Å². The zero-order valence-electron chi connectivity index (χ0n) is 7.11. The monoisotopic (exact) mass is 146 g/mol. The summed E-state index contributed by atoms with van der Waals surface area (Å²) in [5.74, 6) is 0.0125. The van der Waals surface area contributed by atoms with Crippen LogP contribution in [0.15, 0.2) is 0 Å². The van der Waals surface area contributed by atoms with Crippen molar-refractivity contribution in [2.45, 2.75) is 27.2 Å². The molecule has 0 rings (SSSR count). The van der Waals surface area contributed by atoms with Crippen LogP contribution in [0, 0.1) is 0 Å². The smallest absolute Gasteiger partial charge is 0.216 e. The largest absolute Gasteiger partial charge is 0.356 e. The molecule has 0 heterocycles. The van der Waals surface area contributed by atoms with E-state index in [9.17, 15) is 4.79 Å². The Kier molecular flexibility index (Phi) is 13.7. The van der Waals surface area contributed by atoms with Gasteiger partial charge in [-0.3, -0.25) is 4.79 Å². The third-order valence-electron chi connectivity index (χ3n) is 0.755. The molecule has 0 aliphatic heterocycles. The van der Waals surface area contributed by atoms with Gasteiger partial charge in [-0.1, -0.05) is 13.8 Å². The molecule has 0 bridgehead atoms. The molecule has 3 heteroatoms. The molecule has 0 aliphatic carbocycles. The summed E-state index contributed by atoms with van der Waals surface area (Å²) in [5.41, 5.74) is 5.16. The van der Waals surface area contributed by atoms with E-state index in [0.29, 0.717) is 13.1 Å². The summed E-state index contributed by atoms with van der Waals surface area (Å²) in [6.45, 7) is 6.84. The second-order valence-electron chi connectivity index (χ2n) is 1.63. The highest BCUT2D eigenvalue weighted by molar-refractivity contribution is 5.72. The highest BCUT2D eigenvalue weighted by Crippen LogP contribution is 1.67. The highest BCUT2D eigenvalue weighted by atomic mass is 16.1. The van der Waals surface area contributed by atoms with E-state index < -0.39 is 0 Å². The molecule has 3 nitrogen and oxygen atoms in total. The number of hydrogen-bond acceptors (Lipinski definition) is 2. The first-order valence-corrected chi connectivity index (χ1v) is 3.72. The molecule has 0 radical (unpaired) electrons. The van der Waals surface area contributed by atoms with Gasteiger partial charge in [0.2, 0.25) is 5.91 Å². The molecule has 0 atom stereocenters. The van der Waals surface area contributed by atoms with Gasteiger partial charge in [0.25, 0.3) is 0 Å². The van der Waals surface area contributed by atoms with Crippen LogP contribution in [0.1, 0.15) is 27.2 Å². The maximum Gasteiger partial charge on any atom is 0.216 e. The van der Waals surface area contributed by atoms with Crippen molar-refractivity contribution >= 4 is 5.91 Å². The Morgan fingerprint density at radius 1 is 1.50 bits per heavy atom. The molecule has 3 N–H and O–H groups in total. The third kappa shape index (κ3) is 15.7. The fourth-order valence-corrected chi connectivity index (χ4v) is 0.366. The number of nitrogens with one attached hydrogen (secondary N) is 1. The van der Waals surface area contributed by atoms with E-state index in [4.69, 9.17) is 5.73 Å². The van der Waals surface area contributed by atoms with E-state index >= 15 is 0 Å². The lowest BCUT2D eigenvalue weighted by atomic mass is 10.4. The summed E-state index contributed by atoms with van der Waals surface area (Å²) < 4.78 is 0. The average molecular weight is 146 g/mol. The fraction of sp³-hybridized carbons (Fsp3) is 0.857. The maximum atomic E-state index is 10.2. The molecule has 62 valence electrons. The number of nitrogens with two attached hydrogens (primary N) is 1. The number of carbonyl (C=O) groups excluding carboxylic acids is 1. The minimum atomic E-state index is 0.0125. The second-order valence-corrected chi connectivity index (χ2v) is 1.63. The molecule has 0 aromatic rings. The van der Waals surface area contributed by atoms with Gasteiger partial charge in [0.15, 0.2) is 0 Å². The van der Waals surface area contributed by atoms with Crippen LogP contribution in [0.5, 0.6) is 0 Å². The first kappa shape index (κ1) is 12.1. The van der Waals surface area contributed by atoms with Gasteiger partial charge in [0.05, 0.1) is 0 Å². The molecule has 0 aliphatic rings. The summed E-state index contributed by atoms with van der Waals surface area (Å²) in [6, 6.07) is 0. The van der Waals surface area contributed by atoms with Crippen LogP contribution in [0.4, 0.5) is 0 Å². The number of hydrogen-bond donors (Lipinski definition) is 2. The van der Waals surface area contributed by atoms with Crippen molar-refractivity contribution in [3.8, 4) is 0 Å². The van der Waals surface area contributed by atoms with Gasteiger partial charge in [-0.2, -0.15) is 0 Å². The molecule has 0 saturated carbocycles. The molecule has 0 saturated heterocycles. The zero-order valence-corrected chi connectivity index (χ0v) is 7.11. The van der Waals surface area contributed by atoms with Gasteiger partial charge in [0, 0.05) is 13.5 Å². The van der Waals surface area contributed by atoms with Crippen molar-refractivity contribution in [1.82, 2.24) is 5.32 Å². The Morgan fingerprint density at radius 3 is 2.30 bits per heavy atom. The summed E-state index contributed by atoms with van der Waals surface area (Å²) in [6.07, 6.45) is 0.861. The summed E-state index contributed by atoms with van der Waals surface area (Å²) >= 11 is 0. The van der Waals surface area contributed by atoms with Gasteiger partial charge >= 0.3 is 0 Å². The van der Waals surface area contributed by atoms with Gasteiger partial charge < -0.3 is 11.1 Å². The molecule has 1 amide bonds. The Labute approximate surface area is 63.0 Å². The first-order valence-electron chi connectivity index (χ1n) is 3.72. The standard InChI is InChI=1S/C5H12N2O.C2H6/c1-5(8)7-4-2-3-6;1-2/h2-4,6H2,1H3,(H,7,8);1-2H3. The SMILES string of the molecule is CC.CC(=O)NCCCN. The summed E-state index contributed by atoms with van der Waals surface area (Å²) in [5, 5.41) is 2.63. The molecule has 10 heavy (non-hydrogen) atoms. The van der Waals surface area contributed by atoms with E-state index in [2.05, 4.69) is 5.32 Å². The number of rotatable bonds is 3. The Balaban J connectivity index is 0. The van der Waals surface area contributed by atoms with Crippen LogP contribution in [0.3, 0.4) is 0 Å². The predicted molar refractivity (Wildman–Crippen MR) is 43.7 cm³/mol. The number of amides is 1. The third-order valence-corrected chi connectivity index (χ3v) is 0.755. The lowest BCUT2D eigenvalue weighted by Crippen LogP contribution is -2.22. The zero-order chi connectivity index (χ0) is 8.41. The van der Waals surface area contributed by atoms with Gasteiger partial charge in [0.1, 0.15) is 0 Å². The van der Waals surface area contributed by atoms with Crippen LogP contribution in [-0.2, 0) is 4.79 Å². The minimum absolute atomic E-state index is 0.0125. The molecule has 0 fully saturated rings. The topological polar surface area (TPSA) is 55.1 Å². The van der Waals surface area contributed by atoms with Crippen molar-refractivity contribution in [2.75, 3.05) is 13.1 Å². The van der Waals surface area contributed by atoms with Crippen molar-refractivity contribution in [3.63, 3.8) is 0 Å².